The van der Waals surface area contributed by atoms with Crippen LogP contribution in [0.25, 0.3) is 11.1 Å². The summed E-state index contributed by atoms with van der Waals surface area (Å²) in [5.41, 5.74) is 5.26. The minimum absolute atomic E-state index is 0.807. The van der Waals surface area contributed by atoms with Gasteiger partial charge in [-0.25, -0.2) is 0 Å². The van der Waals surface area contributed by atoms with Crippen LogP contribution in [-0.2, 0) is 0 Å². The second-order valence-electron chi connectivity index (χ2n) is 7.00. The van der Waals surface area contributed by atoms with Crippen LogP contribution >= 0.6 is 11.8 Å². The number of hydrogen-bond donors (Lipinski definition) is 0. The fraction of sp³-hybridized carbons (Fsp3) is 0.0400. The molecule has 0 fully saturated rings. The van der Waals surface area contributed by atoms with Gasteiger partial charge in [-0.3, -0.25) is 4.90 Å². The molecule has 0 saturated carbocycles. The van der Waals surface area contributed by atoms with Gasteiger partial charge in [0.15, 0.2) is 23.0 Å². The molecule has 4 heteroatoms. The average molecular weight is 395 g/mol. The smallest absolute Gasteiger partial charge is 0.156 e. The van der Waals surface area contributed by atoms with Gasteiger partial charge >= 0.3 is 0 Å². The molecule has 0 N–H and O–H groups in total. The minimum atomic E-state index is 0.807. The molecule has 0 atom stereocenters. The van der Waals surface area contributed by atoms with Crippen molar-refractivity contribution in [1.82, 2.24) is 0 Å². The van der Waals surface area contributed by atoms with Crippen molar-refractivity contribution in [3.05, 3.63) is 84.9 Å². The molecule has 0 unspecified atom stereocenters. The fourth-order valence-corrected chi connectivity index (χ4v) is 4.68. The third kappa shape index (κ3) is 2.46. The highest BCUT2D eigenvalue weighted by Crippen LogP contribution is 2.60. The molecule has 0 radical (unpaired) electrons. The molecular weight excluding hydrogens is 378 g/mol. The van der Waals surface area contributed by atoms with Gasteiger partial charge in [-0.05, 0) is 59.8 Å². The average Bonchev–Trinajstić information content (AvgIpc) is 2.78. The van der Waals surface area contributed by atoms with E-state index >= 15 is 0 Å². The number of thioether (sulfide) groups is 1. The van der Waals surface area contributed by atoms with Gasteiger partial charge in [0.1, 0.15) is 5.69 Å². The SMILES string of the molecule is CSc1ccccc1-c1cc2c3c(c1)Oc1ccccc1N3c1ccccc1O2. The van der Waals surface area contributed by atoms with E-state index in [9.17, 15) is 0 Å². The Morgan fingerprint density at radius 1 is 0.655 bits per heavy atom. The van der Waals surface area contributed by atoms with E-state index in [-0.39, 0.29) is 0 Å². The van der Waals surface area contributed by atoms with E-state index in [4.69, 9.17) is 9.47 Å². The number of fused-ring (bicyclic) bond motifs is 4. The molecule has 0 saturated heterocycles. The van der Waals surface area contributed by atoms with E-state index in [1.54, 1.807) is 11.8 Å². The highest BCUT2D eigenvalue weighted by molar-refractivity contribution is 7.98. The molecule has 0 spiro atoms. The van der Waals surface area contributed by atoms with Gasteiger partial charge in [0.05, 0.1) is 11.4 Å². The van der Waals surface area contributed by atoms with Crippen molar-refractivity contribution in [3.8, 4) is 34.1 Å². The molecular formula is C25H17NO2S. The predicted molar refractivity (Wildman–Crippen MR) is 118 cm³/mol. The van der Waals surface area contributed by atoms with Crippen molar-refractivity contribution in [3.63, 3.8) is 0 Å². The monoisotopic (exact) mass is 395 g/mol. The summed E-state index contributed by atoms with van der Waals surface area (Å²) < 4.78 is 12.7. The van der Waals surface area contributed by atoms with Gasteiger partial charge in [0.2, 0.25) is 0 Å². The molecule has 0 bridgehead atoms. The Morgan fingerprint density at radius 2 is 1.21 bits per heavy atom. The summed E-state index contributed by atoms with van der Waals surface area (Å²) >= 11 is 1.74. The van der Waals surface area contributed by atoms with Crippen LogP contribution in [0.4, 0.5) is 17.1 Å². The molecule has 29 heavy (non-hydrogen) atoms. The summed E-state index contributed by atoms with van der Waals surface area (Å²) in [5.74, 6) is 3.30. The van der Waals surface area contributed by atoms with Gasteiger partial charge in [-0.1, -0.05) is 42.5 Å². The molecule has 0 aliphatic carbocycles. The molecule has 6 rings (SSSR count). The second kappa shape index (κ2) is 6.33. The summed E-state index contributed by atoms with van der Waals surface area (Å²) in [6, 6.07) is 28.9. The lowest BCUT2D eigenvalue weighted by atomic mass is 10.0. The van der Waals surface area contributed by atoms with Gasteiger partial charge in [-0.15, -0.1) is 11.8 Å². The van der Waals surface area contributed by atoms with Crippen LogP contribution in [0, 0.1) is 0 Å². The molecule has 4 aromatic rings. The Labute approximate surface area is 173 Å². The number of anilines is 3. The lowest BCUT2D eigenvalue weighted by molar-refractivity contribution is 0.446. The van der Waals surface area contributed by atoms with Gasteiger partial charge in [0.25, 0.3) is 0 Å². The summed E-state index contributed by atoms with van der Waals surface area (Å²) in [5, 5.41) is 0. The lowest BCUT2D eigenvalue weighted by Gasteiger charge is -2.38. The highest BCUT2D eigenvalue weighted by Gasteiger charge is 2.34. The largest absolute Gasteiger partial charge is 0.453 e. The first-order valence-corrected chi connectivity index (χ1v) is 10.7. The first-order valence-electron chi connectivity index (χ1n) is 9.49. The molecule has 0 amide bonds. The Morgan fingerprint density at radius 3 is 1.83 bits per heavy atom. The summed E-state index contributed by atoms with van der Waals surface area (Å²) in [7, 11) is 0. The third-order valence-corrected chi connectivity index (χ3v) is 6.13. The maximum atomic E-state index is 6.35. The molecule has 4 aromatic carbocycles. The molecule has 140 valence electrons. The van der Waals surface area contributed by atoms with E-state index in [0.717, 1.165) is 45.6 Å². The topological polar surface area (TPSA) is 21.7 Å². The van der Waals surface area contributed by atoms with Gasteiger partial charge < -0.3 is 9.47 Å². The van der Waals surface area contributed by atoms with Gasteiger partial charge in [0, 0.05) is 4.90 Å². The van der Waals surface area contributed by atoms with E-state index in [0.29, 0.717) is 0 Å². The van der Waals surface area contributed by atoms with E-state index in [1.807, 2.05) is 36.4 Å². The summed E-state index contributed by atoms with van der Waals surface area (Å²) in [6.45, 7) is 0. The number of rotatable bonds is 2. The zero-order chi connectivity index (χ0) is 19.4. The molecule has 2 aliphatic rings. The first-order chi connectivity index (χ1) is 14.3. The Balaban J connectivity index is 1.63. The number of ether oxygens (including phenoxy) is 2. The number of nitrogens with zero attached hydrogens (tertiary/aromatic N) is 1. The molecule has 3 nitrogen and oxygen atoms in total. The van der Waals surface area contributed by atoms with Gasteiger partial charge in [-0.2, -0.15) is 0 Å². The van der Waals surface area contributed by atoms with Crippen LogP contribution in [0.15, 0.2) is 89.8 Å². The zero-order valence-corrected chi connectivity index (χ0v) is 16.6. The minimum Gasteiger partial charge on any atom is -0.453 e. The maximum absolute atomic E-state index is 6.35. The van der Waals surface area contributed by atoms with Crippen LogP contribution in [0.3, 0.4) is 0 Å². The van der Waals surface area contributed by atoms with Crippen molar-refractivity contribution < 1.29 is 9.47 Å². The van der Waals surface area contributed by atoms with Crippen molar-refractivity contribution >= 4 is 28.8 Å². The molecule has 2 heterocycles. The van der Waals surface area contributed by atoms with E-state index in [2.05, 4.69) is 59.7 Å². The van der Waals surface area contributed by atoms with Crippen molar-refractivity contribution in [2.24, 2.45) is 0 Å². The van der Waals surface area contributed by atoms with Crippen LogP contribution in [-0.4, -0.2) is 6.26 Å². The normalized spacial score (nSPS) is 12.9. The molecule has 2 aliphatic heterocycles. The maximum Gasteiger partial charge on any atom is 0.156 e. The van der Waals surface area contributed by atoms with E-state index in [1.165, 1.54) is 10.5 Å². The van der Waals surface area contributed by atoms with Crippen molar-refractivity contribution in [2.75, 3.05) is 11.2 Å². The summed E-state index contributed by atoms with van der Waals surface area (Å²) in [4.78, 5) is 3.47. The van der Waals surface area contributed by atoms with Crippen LogP contribution in [0.1, 0.15) is 0 Å². The Kier molecular flexibility index (Phi) is 3.61. The standard InChI is InChI=1S/C25H17NO2S/c1-29-24-13-7-2-8-17(24)16-14-22-25-23(15-16)28-21-12-6-4-10-19(21)26(25)18-9-3-5-11-20(18)27-22/h2-15H,1H3. The van der Waals surface area contributed by atoms with Crippen LogP contribution in [0.5, 0.6) is 23.0 Å². The number of hydrogen-bond acceptors (Lipinski definition) is 4. The quantitative estimate of drug-likeness (QED) is 0.279. The van der Waals surface area contributed by atoms with Crippen molar-refractivity contribution in [1.29, 1.82) is 0 Å². The lowest BCUT2D eigenvalue weighted by Crippen LogP contribution is -2.20. The third-order valence-electron chi connectivity index (χ3n) is 5.33. The van der Waals surface area contributed by atoms with Crippen molar-refractivity contribution in [2.45, 2.75) is 4.90 Å². The Hall–Kier alpha value is -3.37. The number of para-hydroxylation sites is 4. The predicted octanol–water partition coefficient (Wildman–Crippen LogP) is 7.76. The zero-order valence-electron chi connectivity index (χ0n) is 15.8. The van der Waals surface area contributed by atoms with Crippen LogP contribution < -0.4 is 14.4 Å². The Bertz CT molecular complexity index is 1200. The summed E-state index contributed by atoms with van der Waals surface area (Å²) in [6.07, 6.45) is 2.10. The molecule has 0 aromatic heterocycles. The first kappa shape index (κ1) is 16.6. The second-order valence-corrected chi connectivity index (χ2v) is 7.84. The highest BCUT2D eigenvalue weighted by atomic mass is 32.2. The number of benzene rings is 4. The van der Waals surface area contributed by atoms with E-state index < -0.39 is 0 Å². The fourth-order valence-electron chi connectivity index (χ4n) is 4.06. The van der Waals surface area contributed by atoms with Crippen LogP contribution in [0.2, 0.25) is 0 Å².